The molecule has 1 fully saturated rings. The van der Waals surface area contributed by atoms with Gasteiger partial charge in [0.05, 0.1) is 29.9 Å². The van der Waals surface area contributed by atoms with Crippen molar-refractivity contribution in [2.45, 2.75) is 38.1 Å². The first-order valence-corrected chi connectivity index (χ1v) is 11.0. The third-order valence-corrected chi connectivity index (χ3v) is 6.15. The zero-order chi connectivity index (χ0) is 23.4. The van der Waals surface area contributed by atoms with Gasteiger partial charge in [-0.1, -0.05) is 12.1 Å². The van der Waals surface area contributed by atoms with E-state index in [1.165, 1.54) is 12.1 Å². The van der Waals surface area contributed by atoms with Crippen molar-refractivity contribution in [1.29, 1.82) is 0 Å². The second-order valence-corrected chi connectivity index (χ2v) is 8.29. The summed E-state index contributed by atoms with van der Waals surface area (Å²) in [7, 11) is 1.57. The van der Waals surface area contributed by atoms with Crippen LogP contribution < -0.4 is 15.6 Å². The molecule has 0 spiro atoms. The summed E-state index contributed by atoms with van der Waals surface area (Å²) < 4.78 is 45.1. The molecule has 4 rings (SSSR count). The van der Waals surface area contributed by atoms with Gasteiger partial charge in [0.15, 0.2) is 0 Å². The number of fused-ring (bicyclic) bond motifs is 1. The highest BCUT2D eigenvalue weighted by atomic mass is 19.4. The Labute approximate surface area is 190 Å². The predicted octanol–water partition coefficient (Wildman–Crippen LogP) is 3.68. The topological polar surface area (TPSA) is 59.4 Å². The van der Waals surface area contributed by atoms with E-state index in [1.54, 1.807) is 30.0 Å². The number of likely N-dealkylation sites (tertiary alicyclic amines) is 1. The van der Waals surface area contributed by atoms with Crippen LogP contribution in [0.2, 0.25) is 0 Å². The number of pyridine rings is 2. The Morgan fingerprint density at radius 1 is 1.09 bits per heavy atom. The second-order valence-electron chi connectivity index (χ2n) is 8.29. The van der Waals surface area contributed by atoms with E-state index in [2.05, 4.69) is 15.2 Å². The van der Waals surface area contributed by atoms with Crippen LogP contribution in [0.4, 0.5) is 13.2 Å². The molecule has 6 nitrogen and oxygen atoms in total. The summed E-state index contributed by atoms with van der Waals surface area (Å²) in [6.45, 7) is 3.65. The molecule has 0 bridgehead atoms. The van der Waals surface area contributed by atoms with Crippen LogP contribution in [0.1, 0.15) is 24.0 Å². The standard InChI is InChI=1S/C24H27F3N4O2/c1-33-20-14-22-21(29-16-20)6-7-23(32)31(22)13-12-30-10-8-19(9-11-30)28-15-17-2-4-18(5-3-17)24(25,26)27/h2-7,14,16,19,28H,8-13,15H2,1H3. The Morgan fingerprint density at radius 3 is 2.48 bits per heavy atom. The molecule has 0 aliphatic carbocycles. The van der Waals surface area contributed by atoms with Crippen molar-refractivity contribution in [1.82, 2.24) is 19.8 Å². The summed E-state index contributed by atoms with van der Waals surface area (Å²) in [6.07, 6.45) is -0.779. The Kier molecular flexibility index (Phi) is 6.99. The summed E-state index contributed by atoms with van der Waals surface area (Å²) in [6, 6.07) is 10.7. The van der Waals surface area contributed by atoms with Crippen LogP contribution >= 0.6 is 0 Å². The number of rotatable bonds is 7. The molecule has 0 radical (unpaired) electrons. The lowest BCUT2D eigenvalue weighted by molar-refractivity contribution is -0.137. The molecule has 176 valence electrons. The molecule has 2 aromatic heterocycles. The molecule has 1 aliphatic rings. The van der Waals surface area contributed by atoms with Gasteiger partial charge in [0, 0.05) is 37.8 Å². The Hall–Kier alpha value is -2.91. The number of halogens is 3. The molecule has 1 aromatic carbocycles. The quantitative estimate of drug-likeness (QED) is 0.583. The Bertz CT molecular complexity index is 1140. The van der Waals surface area contributed by atoms with E-state index in [1.807, 2.05) is 6.07 Å². The summed E-state index contributed by atoms with van der Waals surface area (Å²) in [5.74, 6) is 0.613. The first-order chi connectivity index (χ1) is 15.8. The number of nitrogens with one attached hydrogen (secondary N) is 1. The molecule has 9 heteroatoms. The lowest BCUT2D eigenvalue weighted by atomic mass is 10.0. The van der Waals surface area contributed by atoms with Gasteiger partial charge >= 0.3 is 6.18 Å². The minimum atomic E-state index is -4.31. The van der Waals surface area contributed by atoms with Crippen LogP contribution in [0, 0.1) is 0 Å². The number of aromatic nitrogens is 2. The molecule has 33 heavy (non-hydrogen) atoms. The number of ether oxygens (including phenoxy) is 1. The number of hydrogen-bond donors (Lipinski definition) is 1. The number of benzene rings is 1. The van der Waals surface area contributed by atoms with Gasteiger partial charge in [-0.25, -0.2) is 0 Å². The fraction of sp³-hybridized carbons (Fsp3) is 0.417. The van der Waals surface area contributed by atoms with Crippen molar-refractivity contribution in [3.8, 4) is 5.75 Å². The number of alkyl halides is 3. The molecule has 0 unspecified atom stereocenters. The largest absolute Gasteiger partial charge is 0.495 e. The molecule has 3 heterocycles. The maximum atomic E-state index is 12.7. The number of nitrogens with zero attached hydrogens (tertiary/aromatic N) is 3. The highest BCUT2D eigenvalue weighted by Gasteiger charge is 2.30. The van der Waals surface area contributed by atoms with Gasteiger partial charge in [0.2, 0.25) is 0 Å². The average Bonchev–Trinajstić information content (AvgIpc) is 2.82. The van der Waals surface area contributed by atoms with Crippen molar-refractivity contribution < 1.29 is 17.9 Å². The highest BCUT2D eigenvalue weighted by molar-refractivity contribution is 5.75. The van der Waals surface area contributed by atoms with Gasteiger partial charge in [-0.2, -0.15) is 13.2 Å². The van der Waals surface area contributed by atoms with E-state index >= 15 is 0 Å². The van der Waals surface area contributed by atoms with Gasteiger partial charge in [0.1, 0.15) is 5.75 Å². The third-order valence-electron chi connectivity index (χ3n) is 6.15. The summed E-state index contributed by atoms with van der Waals surface area (Å²) in [4.78, 5) is 19.1. The van der Waals surface area contributed by atoms with E-state index < -0.39 is 11.7 Å². The summed E-state index contributed by atoms with van der Waals surface area (Å²) >= 11 is 0. The average molecular weight is 461 g/mol. The first kappa shape index (κ1) is 23.3. The zero-order valence-corrected chi connectivity index (χ0v) is 18.4. The lowest BCUT2D eigenvalue weighted by Crippen LogP contribution is -2.43. The minimum absolute atomic E-state index is 0.0642. The molecule has 3 aromatic rings. The van der Waals surface area contributed by atoms with E-state index in [0.29, 0.717) is 24.9 Å². The molecule has 1 N–H and O–H groups in total. The monoisotopic (exact) mass is 460 g/mol. The maximum absolute atomic E-state index is 12.7. The van der Waals surface area contributed by atoms with Crippen molar-refractivity contribution in [3.05, 3.63) is 70.1 Å². The van der Waals surface area contributed by atoms with Crippen LogP contribution in [0.3, 0.4) is 0 Å². The first-order valence-electron chi connectivity index (χ1n) is 11.0. The van der Waals surface area contributed by atoms with Crippen LogP contribution in [-0.2, 0) is 19.3 Å². The van der Waals surface area contributed by atoms with Crippen molar-refractivity contribution in [3.63, 3.8) is 0 Å². The zero-order valence-electron chi connectivity index (χ0n) is 18.4. The van der Waals surface area contributed by atoms with E-state index in [-0.39, 0.29) is 5.56 Å². The van der Waals surface area contributed by atoms with Crippen LogP contribution in [0.5, 0.6) is 5.75 Å². The van der Waals surface area contributed by atoms with Gasteiger partial charge in [0.25, 0.3) is 5.56 Å². The minimum Gasteiger partial charge on any atom is -0.495 e. The van der Waals surface area contributed by atoms with Gasteiger partial charge in [-0.15, -0.1) is 0 Å². The Balaban J connectivity index is 1.28. The van der Waals surface area contributed by atoms with Gasteiger partial charge < -0.3 is 19.5 Å². The van der Waals surface area contributed by atoms with Crippen molar-refractivity contribution >= 4 is 11.0 Å². The molecule has 0 atom stereocenters. The predicted molar refractivity (Wildman–Crippen MR) is 120 cm³/mol. The smallest absolute Gasteiger partial charge is 0.416 e. The van der Waals surface area contributed by atoms with Gasteiger partial charge in [-0.05, 0) is 49.7 Å². The lowest BCUT2D eigenvalue weighted by Gasteiger charge is -2.32. The van der Waals surface area contributed by atoms with Crippen LogP contribution in [-0.4, -0.2) is 47.2 Å². The van der Waals surface area contributed by atoms with E-state index in [4.69, 9.17) is 4.74 Å². The maximum Gasteiger partial charge on any atom is 0.416 e. The number of hydrogen-bond acceptors (Lipinski definition) is 5. The highest BCUT2D eigenvalue weighted by Crippen LogP contribution is 2.29. The SMILES string of the molecule is COc1cnc2ccc(=O)n(CCN3CCC(NCc4ccc(C(F)(F)F)cc4)CC3)c2c1. The summed E-state index contributed by atoms with van der Waals surface area (Å²) in [5.41, 5.74) is 1.66. The normalized spacial score (nSPS) is 15.8. The van der Waals surface area contributed by atoms with E-state index in [9.17, 15) is 18.0 Å². The number of piperidine rings is 1. The van der Waals surface area contributed by atoms with Crippen LogP contribution in [0.15, 0.2) is 53.5 Å². The van der Waals surface area contributed by atoms with Crippen LogP contribution in [0.25, 0.3) is 11.0 Å². The van der Waals surface area contributed by atoms with E-state index in [0.717, 1.165) is 61.2 Å². The van der Waals surface area contributed by atoms with Crippen molar-refractivity contribution in [2.24, 2.45) is 0 Å². The molecule has 1 saturated heterocycles. The molecular weight excluding hydrogens is 433 g/mol. The molecule has 0 amide bonds. The molecule has 0 saturated carbocycles. The molecular formula is C24H27F3N4O2. The fourth-order valence-corrected chi connectivity index (χ4v) is 4.17. The molecule has 1 aliphatic heterocycles. The fourth-order valence-electron chi connectivity index (χ4n) is 4.17. The number of methoxy groups -OCH3 is 1. The third kappa shape index (κ3) is 5.72. The second kappa shape index (κ2) is 9.93. The summed E-state index contributed by atoms with van der Waals surface area (Å²) in [5, 5.41) is 3.45. The van der Waals surface area contributed by atoms with Gasteiger partial charge in [-0.3, -0.25) is 9.78 Å². The Morgan fingerprint density at radius 2 is 1.82 bits per heavy atom. The van der Waals surface area contributed by atoms with Crippen molar-refractivity contribution in [2.75, 3.05) is 26.7 Å².